The SMILES string of the molecule is CCC(=O)Oc1ccccc1N1CC=CC1.Cl. The predicted molar refractivity (Wildman–Crippen MR) is 71.0 cm³/mol. The van der Waals surface area contributed by atoms with Gasteiger partial charge in [0.25, 0.3) is 0 Å². The molecule has 0 amide bonds. The van der Waals surface area contributed by atoms with Gasteiger partial charge in [0.1, 0.15) is 0 Å². The van der Waals surface area contributed by atoms with Crippen LogP contribution in [0.1, 0.15) is 13.3 Å². The quantitative estimate of drug-likeness (QED) is 0.471. The topological polar surface area (TPSA) is 29.5 Å². The van der Waals surface area contributed by atoms with Crippen LogP contribution in [0, 0.1) is 0 Å². The lowest BCUT2D eigenvalue weighted by Gasteiger charge is -2.20. The van der Waals surface area contributed by atoms with Crippen LogP contribution in [-0.4, -0.2) is 19.1 Å². The summed E-state index contributed by atoms with van der Waals surface area (Å²) in [6, 6.07) is 7.65. The van der Waals surface area contributed by atoms with Gasteiger partial charge in [-0.15, -0.1) is 12.4 Å². The number of rotatable bonds is 3. The number of nitrogens with zero attached hydrogens (tertiary/aromatic N) is 1. The summed E-state index contributed by atoms with van der Waals surface area (Å²) < 4.78 is 5.30. The summed E-state index contributed by atoms with van der Waals surface area (Å²) in [6.07, 6.45) is 4.61. The fraction of sp³-hybridized carbons (Fsp3) is 0.308. The number of esters is 1. The van der Waals surface area contributed by atoms with Crippen LogP contribution in [0.5, 0.6) is 5.75 Å². The van der Waals surface area contributed by atoms with Gasteiger partial charge in [0.2, 0.25) is 0 Å². The Hall–Kier alpha value is -1.48. The Morgan fingerprint density at radius 1 is 1.29 bits per heavy atom. The Bertz CT molecular complexity index is 410. The molecular weight excluding hydrogens is 238 g/mol. The normalized spacial score (nSPS) is 13.4. The zero-order valence-electron chi connectivity index (χ0n) is 9.76. The van der Waals surface area contributed by atoms with E-state index in [2.05, 4.69) is 17.1 Å². The summed E-state index contributed by atoms with van der Waals surface area (Å²) in [7, 11) is 0. The minimum absolute atomic E-state index is 0. The Labute approximate surface area is 107 Å². The number of carbonyl (C=O) groups excluding carboxylic acids is 1. The molecule has 1 aliphatic heterocycles. The van der Waals surface area contributed by atoms with E-state index in [1.54, 1.807) is 6.92 Å². The van der Waals surface area contributed by atoms with Crippen molar-refractivity contribution < 1.29 is 9.53 Å². The second-order valence-electron chi connectivity index (χ2n) is 3.67. The molecule has 0 atom stereocenters. The maximum atomic E-state index is 11.3. The lowest BCUT2D eigenvalue weighted by molar-refractivity contribution is -0.133. The average Bonchev–Trinajstić information content (AvgIpc) is 2.83. The summed E-state index contributed by atoms with van der Waals surface area (Å²) in [5, 5.41) is 0. The van der Waals surface area contributed by atoms with E-state index in [0.29, 0.717) is 12.2 Å². The number of anilines is 1. The fourth-order valence-corrected chi connectivity index (χ4v) is 1.67. The van der Waals surface area contributed by atoms with Crippen molar-refractivity contribution in [3.8, 4) is 5.75 Å². The van der Waals surface area contributed by atoms with Crippen molar-refractivity contribution in [2.45, 2.75) is 13.3 Å². The van der Waals surface area contributed by atoms with Gasteiger partial charge in [0, 0.05) is 19.5 Å². The van der Waals surface area contributed by atoms with Crippen LogP contribution in [0.2, 0.25) is 0 Å². The molecule has 0 fully saturated rings. The molecular formula is C13H16ClNO2. The van der Waals surface area contributed by atoms with E-state index < -0.39 is 0 Å². The molecule has 1 aromatic rings. The van der Waals surface area contributed by atoms with Crippen LogP contribution in [0.15, 0.2) is 36.4 Å². The van der Waals surface area contributed by atoms with E-state index in [-0.39, 0.29) is 18.4 Å². The molecule has 0 radical (unpaired) electrons. The van der Waals surface area contributed by atoms with Gasteiger partial charge in [-0.25, -0.2) is 0 Å². The molecule has 4 heteroatoms. The van der Waals surface area contributed by atoms with E-state index in [1.165, 1.54) is 0 Å². The second kappa shape index (κ2) is 6.30. The Morgan fingerprint density at radius 3 is 2.59 bits per heavy atom. The smallest absolute Gasteiger partial charge is 0.310 e. The Kier molecular flexibility index (Phi) is 5.04. The molecule has 0 bridgehead atoms. The number of benzene rings is 1. The van der Waals surface area contributed by atoms with Gasteiger partial charge in [-0.2, -0.15) is 0 Å². The van der Waals surface area contributed by atoms with Gasteiger partial charge < -0.3 is 9.64 Å². The molecule has 0 unspecified atom stereocenters. The molecule has 1 heterocycles. The van der Waals surface area contributed by atoms with E-state index in [9.17, 15) is 4.79 Å². The van der Waals surface area contributed by atoms with Crippen molar-refractivity contribution >= 4 is 24.1 Å². The Balaban J connectivity index is 0.00000144. The number of carbonyl (C=O) groups is 1. The van der Waals surface area contributed by atoms with Gasteiger partial charge in [-0.05, 0) is 12.1 Å². The maximum absolute atomic E-state index is 11.3. The van der Waals surface area contributed by atoms with E-state index in [1.807, 2.05) is 24.3 Å². The molecule has 0 saturated heterocycles. The third-order valence-electron chi connectivity index (χ3n) is 2.54. The zero-order valence-corrected chi connectivity index (χ0v) is 10.6. The first kappa shape index (κ1) is 13.6. The number of para-hydroxylation sites is 2. The van der Waals surface area contributed by atoms with Crippen molar-refractivity contribution in [2.24, 2.45) is 0 Å². The van der Waals surface area contributed by atoms with E-state index in [4.69, 9.17) is 4.74 Å². The highest BCUT2D eigenvalue weighted by Gasteiger charge is 2.14. The monoisotopic (exact) mass is 253 g/mol. The van der Waals surface area contributed by atoms with Gasteiger partial charge in [0.15, 0.2) is 5.75 Å². The van der Waals surface area contributed by atoms with Crippen molar-refractivity contribution in [3.05, 3.63) is 36.4 Å². The number of halogens is 1. The number of hydrogen-bond acceptors (Lipinski definition) is 3. The van der Waals surface area contributed by atoms with Crippen LogP contribution >= 0.6 is 12.4 Å². The van der Waals surface area contributed by atoms with Crippen molar-refractivity contribution in [3.63, 3.8) is 0 Å². The number of hydrogen-bond donors (Lipinski definition) is 0. The summed E-state index contributed by atoms with van der Waals surface area (Å²) >= 11 is 0. The lowest BCUT2D eigenvalue weighted by Crippen LogP contribution is -2.20. The standard InChI is InChI=1S/C13H15NO2.ClH/c1-2-13(15)16-12-8-4-3-7-11(12)14-9-5-6-10-14;/h3-8H,2,9-10H2,1H3;1H. The summed E-state index contributed by atoms with van der Waals surface area (Å²) in [6.45, 7) is 3.55. The van der Waals surface area contributed by atoms with Gasteiger partial charge in [-0.1, -0.05) is 31.2 Å². The first-order valence-corrected chi connectivity index (χ1v) is 5.51. The highest BCUT2D eigenvalue weighted by molar-refractivity contribution is 5.85. The molecule has 0 saturated carbocycles. The van der Waals surface area contributed by atoms with Crippen LogP contribution in [0.25, 0.3) is 0 Å². The van der Waals surface area contributed by atoms with Crippen molar-refractivity contribution in [1.82, 2.24) is 0 Å². The van der Waals surface area contributed by atoms with Crippen LogP contribution in [0.4, 0.5) is 5.69 Å². The third kappa shape index (κ3) is 3.24. The van der Waals surface area contributed by atoms with Gasteiger partial charge >= 0.3 is 5.97 Å². The lowest BCUT2D eigenvalue weighted by atomic mass is 10.2. The largest absolute Gasteiger partial charge is 0.424 e. The summed E-state index contributed by atoms with van der Waals surface area (Å²) in [5.41, 5.74) is 0.981. The summed E-state index contributed by atoms with van der Waals surface area (Å²) in [5.74, 6) is 0.456. The first-order valence-electron chi connectivity index (χ1n) is 5.51. The van der Waals surface area contributed by atoms with Gasteiger partial charge in [0.05, 0.1) is 5.69 Å². The highest BCUT2D eigenvalue weighted by Crippen LogP contribution is 2.29. The van der Waals surface area contributed by atoms with Crippen molar-refractivity contribution in [1.29, 1.82) is 0 Å². The van der Waals surface area contributed by atoms with Crippen LogP contribution < -0.4 is 9.64 Å². The molecule has 2 rings (SSSR count). The fourth-order valence-electron chi connectivity index (χ4n) is 1.67. The average molecular weight is 254 g/mol. The van der Waals surface area contributed by atoms with Gasteiger partial charge in [-0.3, -0.25) is 4.79 Å². The van der Waals surface area contributed by atoms with Crippen molar-refractivity contribution in [2.75, 3.05) is 18.0 Å². The molecule has 0 aromatic heterocycles. The highest BCUT2D eigenvalue weighted by atomic mass is 35.5. The molecule has 92 valence electrons. The van der Waals surface area contributed by atoms with Crippen LogP contribution in [0.3, 0.4) is 0 Å². The minimum atomic E-state index is -0.195. The minimum Gasteiger partial charge on any atom is -0.424 e. The molecule has 0 spiro atoms. The van der Waals surface area contributed by atoms with E-state index >= 15 is 0 Å². The first-order chi connectivity index (χ1) is 7.81. The molecule has 17 heavy (non-hydrogen) atoms. The molecule has 0 N–H and O–H groups in total. The summed E-state index contributed by atoms with van der Waals surface area (Å²) in [4.78, 5) is 13.5. The number of ether oxygens (including phenoxy) is 1. The maximum Gasteiger partial charge on any atom is 0.310 e. The second-order valence-corrected chi connectivity index (χ2v) is 3.67. The molecule has 0 aliphatic carbocycles. The zero-order chi connectivity index (χ0) is 11.4. The predicted octanol–water partition coefficient (Wildman–Crippen LogP) is 2.80. The molecule has 1 aliphatic rings. The third-order valence-corrected chi connectivity index (χ3v) is 2.54. The molecule has 3 nitrogen and oxygen atoms in total. The molecule has 1 aromatic carbocycles. The van der Waals surface area contributed by atoms with E-state index in [0.717, 1.165) is 18.8 Å². The van der Waals surface area contributed by atoms with Crippen LogP contribution in [-0.2, 0) is 4.79 Å². The Morgan fingerprint density at radius 2 is 1.94 bits per heavy atom.